The molecule has 0 aromatic carbocycles. The third-order valence-corrected chi connectivity index (χ3v) is 9.06. The van der Waals surface area contributed by atoms with Crippen LogP contribution in [0.4, 0.5) is 0 Å². The van der Waals surface area contributed by atoms with Gasteiger partial charge in [0.2, 0.25) is 0 Å². The van der Waals surface area contributed by atoms with Crippen LogP contribution in [0.1, 0.15) is 79.1 Å². The van der Waals surface area contributed by atoms with Gasteiger partial charge in [0.25, 0.3) is 0 Å². The monoisotopic (exact) mass is 302 g/mol. The van der Waals surface area contributed by atoms with E-state index in [0.717, 1.165) is 59.2 Å². The van der Waals surface area contributed by atoms with E-state index >= 15 is 0 Å². The summed E-state index contributed by atoms with van der Waals surface area (Å²) in [6, 6.07) is 0. The van der Waals surface area contributed by atoms with Crippen LogP contribution < -0.4 is 0 Å². The maximum Gasteiger partial charge on any atom is -0.0380 e. The van der Waals surface area contributed by atoms with Crippen LogP contribution in [0.5, 0.6) is 0 Å². The fourth-order valence-corrected chi connectivity index (χ4v) is 7.28. The van der Waals surface area contributed by atoms with Crippen LogP contribution in [-0.2, 0) is 0 Å². The normalized spacial score (nSPS) is 58.4. The van der Waals surface area contributed by atoms with Gasteiger partial charge in [-0.05, 0) is 111 Å². The van der Waals surface area contributed by atoms with Gasteiger partial charge in [-0.15, -0.1) is 0 Å². The first kappa shape index (κ1) is 15.5. The fraction of sp³-hybridized carbons (Fsp3) is 1.00. The second-order valence-electron chi connectivity index (χ2n) is 10.4. The third-order valence-electron chi connectivity index (χ3n) is 9.06. The van der Waals surface area contributed by atoms with Gasteiger partial charge >= 0.3 is 0 Å². The zero-order valence-electron chi connectivity index (χ0n) is 15.4. The van der Waals surface area contributed by atoms with Crippen molar-refractivity contribution in [1.82, 2.24) is 0 Å². The van der Waals surface area contributed by atoms with E-state index in [1.165, 1.54) is 0 Å². The topological polar surface area (TPSA) is 0 Å². The molecule has 22 heavy (non-hydrogen) atoms. The molecule has 0 nitrogen and oxygen atoms in total. The van der Waals surface area contributed by atoms with Crippen LogP contribution in [0.3, 0.4) is 0 Å². The molecule has 0 amide bonds. The molecule has 0 spiro atoms. The van der Waals surface area contributed by atoms with E-state index in [1.54, 1.807) is 51.4 Å². The fourth-order valence-electron chi connectivity index (χ4n) is 7.28. The first-order valence-corrected chi connectivity index (χ1v) is 10.5. The maximum absolute atomic E-state index is 2.52. The number of rotatable bonds is 0. The quantitative estimate of drug-likeness (QED) is 0.485. The number of fused-ring (bicyclic) bond motifs is 3. The molecule has 0 heterocycles. The minimum atomic E-state index is 0.990. The van der Waals surface area contributed by atoms with Gasteiger partial charge in [0.15, 0.2) is 0 Å². The summed E-state index contributed by atoms with van der Waals surface area (Å²) in [4.78, 5) is 0. The molecule has 0 heteroatoms. The Bertz CT molecular complexity index is 325. The van der Waals surface area contributed by atoms with Gasteiger partial charge in [0.05, 0.1) is 0 Å². The highest BCUT2D eigenvalue weighted by molar-refractivity contribution is 4.97. The van der Waals surface area contributed by atoms with Crippen LogP contribution in [-0.4, -0.2) is 0 Å². The lowest BCUT2D eigenvalue weighted by Crippen LogP contribution is -2.44. The minimum Gasteiger partial charge on any atom is -0.0622 e. The second-order valence-corrected chi connectivity index (χ2v) is 10.4. The average molecular weight is 303 g/mol. The lowest BCUT2D eigenvalue weighted by molar-refractivity contribution is -0.0351. The van der Waals surface area contributed by atoms with Gasteiger partial charge in [-0.3, -0.25) is 0 Å². The molecule has 4 aliphatic rings. The molecule has 4 saturated carbocycles. The molecule has 0 saturated heterocycles. The molecule has 0 radical (unpaired) electrons. The number of hydrogen-bond acceptors (Lipinski definition) is 0. The summed E-state index contributed by atoms with van der Waals surface area (Å²) >= 11 is 0. The standard InChI is InChI=1S/C22H38/c1-13-5-17-9-21-11-19-7-15(3)16(4)8-20(19)12-22(21)10-18(17)6-14(13)2/h13-22H,5-12H2,1-4H3. The molecular weight excluding hydrogens is 264 g/mol. The van der Waals surface area contributed by atoms with Crippen molar-refractivity contribution >= 4 is 0 Å². The van der Waals surface area contributed by atoms with Gasteiger partial charge in [0.1, 0.15) is 0 Å². The van der Waals surface area contributed by atoms with Crippen LogP contribution in [0, 0.1) is 59.2 Å². The van der Waals surface area contributed by atoms with Crippen molar-refractivity contribution in [2.45, 2.75) is 79.1 Å². The molecule has 0 aliphatic heterocycles. The summed E-state index contributed by atoms with van der Waals surface area (Å²) in [5.74, 6) is 10.6. The zero-order chi connectivity index (χ0) is 15.4. The Hall–Kier alpha value is 0. The molecule has 4 rings (SSSR count). The van der Waals surface area contributed by atoms with Crippen molar-refractivity contribution in [2.24, 2.45) is 59.2 Å². The first-order valence-electron chi connectivity index (χ1n) is 10.5. The highest BCUT2D eigenvalue weighted by Gasteiger charge is 2.47. The van der Waals surface area contributed by atoms with Gasteiger partial charge in [-0.1, -0.05) is 27.7 Å². The largest absolute Gasteiger partial charge is 0.0622 e. The number of hydrogen-bond donors (Lipinski definition) is 0. The van der Waals surface area contributed by atoms with Crippen LogP contribution >= 0.6 is 0 Å². The van der Waals surface area contributed by atoms with Crippen molar-refractivity contribution in [3.05, 3.63) is 0 Å². The lowest BCUT2D eigenvalue weighted by Gasteiger charge is -2.54. The van der Waals surface area contributed by atoms with Crippen molar-refractivity contribution in [1.29, 1.82) is 0 Å². The molecule has 0 aromatic heterocycles. The second kappa shape index (κ2) is 5.82. The summed E-state index contributed by atoms with van der Waals surface area (Å²) in [7, 11) is 0. The third kappa shape index (κ3) is 2.67. The van der Waals surface area contributed by atoms with Gasteiger partial charge in [0, 0.05) is 0 Å². The van der Waals surface area contributed by atoms with E-state index in [-0.39, 0.29) is 0 Å². The van der Waals surface area contributed by atoms with E-state index in [4.69, 9.17) is 0 Å². The van der Waals surface area contributed by atoms with Crippen molar-refractivity contribution in [3.8, 4) is 0 Å². The molecule has 126 valence electrons. The smallest absolute Gasteiger partial charge is 0.0380 e. The highest BCUT2D eigenvalue weighted by Crippen LogP contribution is 2.57. The Balaban J connectivity index is 1.45. The van der Waals surface area contributed by atoms with E-state index in [2.05, 4.69) is 27.7 Å². The van der Waals surface area contributed by atoms with Crippen LogP contribution in [0.25, 0.3) is 0 Å². The zero-order valence-corrected chi connectivity index (χ0v) is 15.4. The minimum absolute atomic E-state index is 0.990. The molecule has 4 aliphatic carbocycles. The van der Waals surface area contributed by atoms with Gasteiger partial charge in [-0.2, -0.15) is 0 Å². The van der Waals surface area contributed by atoms with Crippen LogP contribution in [0.15, 0.2) is 0 Å². The predicted octanol–water partition coefficient (Wildman–Crippen LogP) is 6.40. The van der Waals surface area contributed by atoms with Gasteiger partial charge < -0.3 is 0 Å². The molecule has 0 bridgehead atoms. The predicted molar refractivity (Wildman–Crippen MR) is 94.5 cm³/mol. The summed E-state index contributed by atoms with van der Waals surface area (Å²) in [5, 5.41) is 0. The molecule has 8 atom stereocenters. The maximum atomic E-state index is 2.52. The van der Waals surface area contributed by atoms with Crippen LogP contribution in [0.2, 0.25) is 0 Å². The Morgan fingerprint density at radius 2 is 0.500 bits per heavy atom. The van der Waals surface area contributed by atoms with E-state index in [9.17, 15) is 0 Å². The molecule has 4 fully saturated rings. The molecule has 8 unspecified atom stereocenters. The molecular formula is C22H38. The summed E-state index contributed by atoms with van der Waals surface area (Å²) < 4.78 is 0. The van der Waals surface area contributed by atoms with E-state index < -0.39 is 0 Å². The van der Waals surface area contributed by atoms with E-state index in [1.807, 2.05) is 0 Å². The van der Waals surface area contributed by atoms with Gasteiger partial charge in [-0.25, -0.2) is 0 Å². The Morgan fingerprint density at radius 1 is 0.318 bits per heavy atom. The Morgan fingerprint density at radius 3 is 0.727 bits per heavy atom. The summed E-state index contributed by atoms with van der Waals surface area (Å²) in [5.41, 5.74) is 0. The average Bonchev–Trinajstić information content (AvgIpc) is 2.46. The molecule has 0 N–H and O–H groups in total. The Labute approximate surface area is 138 Å². The SMILES string of the molecule is CC1CC2CC3CC4CC(C)C(C)CC4CC3CC2CC1C. The van der Waals surface area contributed by atoms with Crippen molar-refractivity contribution in [2.75, 3.05) is 0 Å². The summed E-state index contributed by atoms with van der Waals surface area (Å²) in [6.07, 6.45) is 12.7. The van der Waals surface area contributed by atoms with Crippen molar-refractivity contribution < 1.29 is 0 Å². The van der Waals surface area contributed by atoms with Crippen molar-refractivity contribution in [3.63, 3.8) is 0 Å². The molecule has 0 aromatic rings. The summed E-state index contributed by atoms with van der Waals surface area (Å²) in [6.45, 7) is 10.1. The highest BCUT2D eigenvalue weighted by atomic mass is 14.5. The first-order chi connectivity index (χ1) is 10.5. The Kier molecular flexibility index (Phi) is 4.10. The lowest BCUT2D eigenvalue weighted by atomic mass is 9.52. The van der Waals surface area contributed by atoms with E-state index in [0.29, 0.717) is 0 Å².